The molecule has 6 heteroatoms. The summed E-state index contributed by atoms with van der Waals surface area (Å²) in [5.41, 5.74) is 5.50. The summed E-state index contributed by atoms with van der Waals surface area (Å²) in [6.07, 6.45) is 3.33. The van der Waals surface area contributed by atoms with E-state index in [2.05, 4.69) is 16.5 Å². The van der Waals surface area contributed by atoms with Gasteiger partial charge in [-0.15, -0.1) is 10.2 Å². The summed E-state index contributed by atoms with van der Waals surface area (Å²) in [4.78, 5) is 0. The van der Waals surface area contributed by atoms with Gasteiger partial charge in [-0.1, -0.05) is 11.8 Å². The normalized spacial score (nSPS) is 10.8. The number of hydrogen-bond donors (Lipinski definition) is 1. The van der Waals surface area contributed by atoms with Crippen molar-refractivity contribution < 1.29 is 0 Å². The molecule has 80 valence electrons. The Morgan fingerprint density at radius 2 is 2.14 bits per heavy atom. The Morgan fingerprint density at radius 1 is 1.36 bits per heavy atom. The fraction of sp³-hybridized carbons (Fsp3) is 0.750. The van der Waals surface area contributed by atoms with Crippen molar-refractivity contribution in [2.45, 2.75) is 18.1 Å². The van der Waals surface area contributed by atoms with Gasteiger partial charge in [-0.25, -0.2) is 0 Å². The Bertz CT molecular complexity index is 274. The third kappa shape index (κ3) is 3.18. The first-order valence-electron chi connectivity index (χ1n) is 4.49. The molecule has 0 spiro atoms. The summed E-state index contributed by atoms with van der Waals surface area (Å²) < 4.78 is 1.96. The Morgan fingerprint density at radius 3 is 2.71 bits per heavy atom. The quantitative estimate of drug-likeness (QED) is 0.588. The van der Waals surface area contributed by atoms with E-state index in [1.807, 2.05) is 23.4 Å². The summed E-state index contributed by atoms with van der Waals surface area (Å²) in [5, 5.41) is 9.03. The number of nitrogens with zero attached hydrogens (tertiary/aromatic N) is 3. The molecular weight excluding hydrogens is 216 g/mol. The highest BCUT2D eigenvalue weighted by Crippen LogP contribution is 2.16. The van der Waals surface area contributed by atoms with Crippen LogP contribution < -0.4 is 5.73 Å². The third-order valence-electron chi connectivity index (χ3n) is 1.83. The third-order valence-corrected chi connectivity index (χ3v) is 3.64. The lowest BCUT2D eigenvalue weighted by molar-refractivity contribution is 0.734. The van der Waals surface area contributed by atoms with Crippen LogP contribution in [0.5, 0.6) is 0 Å². The van der Waals surface area contributed by atoms with Gasteiger partial charge in [0.05, 0.1) is 6.54 Å². The Labute approximate surface area is 93.0 Å². The SMILES string of the molecule is CSCCCSc1nnc(CN)n1C. The molecule has 0 atom stereocenters. The molecule has 0 aliphatic carbocycles. The standard InChI is InChI=1S/C8H16N4S2/c1-12-7(6-9)10-11-8(12)14-5-3-4-13-2/h3-6,9H2,1-2H3. The molecule has 2 N–H and O–H groups in total. The minimum absolute atomic E-state index is 0.453. The maximum absolute atomic E-state index is 5.50. The van der Waals surface area contributed by atoms with Crippen molar-refractivity contribution >= 4 is 23.5 Å². The second kappa shape index (κ2) is 6.31. The van der Waals surface area contributed by atoms with E-state index >= 15 is 0 Å². The van der Waals surface area contributed by atoms with E-state index in [0.29, 0.717) is 6.54 Å². The van der Waals surface area contributed by atoms with Crippen molar-refractivity contribution in [1.82, 2.24) is 14.8 Å². The zero-order valence-electron chi connectivity index (χ0n) is 8.56. The first-order chi connectivity index (χ1) is 6.79. The van der Waals surface area contributed by atoms with Crippen molar-refractivity contribution in [2.24, 2.45) is 12.8 Å². The lowest BCUT2D eigenvalue weighted by atomic mass is 10.6. The van der Waals surface area contributed by atoms with E-state index in [9.17, 15) is 0 Å². The van der Waals surface area contributed by atoms with Gasteiger partial charge < -0.3 is 10.3 Å². The predicted molar refractivity (Wildman–Crippen MR) is 62.6 cm³/mol. The summed E-state index contributed by atoms with van der Waals surface area (Å²) in [6.45, 7) is 0.453. The molecule has 0 unspecified atom stereocenters. The molecule has 0 bridgehead atoms. The predicted octanol–water partition coefficient (Wildman–Crippen LogP) is 1.12. The molecule has 1 aromatic rings. The van der Waals surface area contributed by atoms with Crippen LogP contribution in [0.15, 0.2) is 5.16 Å². The largest absolute Gasteiger partial charge is 0.324 e. The average Bonchev–Trinajstić information content (AvgIpc) is 2.55. The van der Waals surface area contributed by atoms with E-state index in [0.717, 1.165) is 16.7 Å². The van der Waals surface area contributed by atoms with Crippen LogP contribution in [-0.2, 0) is 13.6 Å². The highest BCUT2D eigenvalue weighted by atomic mass is 32.2. The molecule has 0 saturated carbocycles. The second-order valence-electron chi connectivity index (χ2n) is 2.86. The van der Waals surface area contributed by atoms with Gasteiger partial charge in [0, 0.05) is 12.8 Å². The number of rotatable bonds is 6. The molecule has 1 aromatic heterocycles. The van der Waals surface area contributed by atoms with Crippen LogP contribution in [0.2, 0.25) is 0 Å². The molecule has 0 radical (unpaired) electrons. The first kappa shape index (κ1) is 11.9. The van der Waals surface area contributed by atoms with E-state index in [4.69, 9.17) is 5.73 Å². The van der Waals surface area contributed by atoms with E-state index in [-0.39, 0.29) is 0 Å². The molecule has 14 heavy (non-hydrogen) atoms. The van der Waals surface area contributed by atoms with Gasteiger partial charge in [0.2, 0.25) is 0 Å². The van der Waals surface area contributed by atoms with Crippen LogP contribution >= 0.6 is 23.5 Å². The molecular formula is C8H16N4S2. The van der Waals surface area contributed by atoms with E-state index in [1.165, 1.54) is 12.2 Å². The topological polar surface area (TPSA) is 56.7 Å². The first-order valence-corrected chi connectivity index (χ1v) is 6.87. The van der Waals surface area contributed by atoms with Crippen LogP contribution in [0, 0.1) is 0 Å². The molecule has 1 rings (SSSR count). The van der Waals surface area contributed by atoms with Crippen molar-refractivity contribution in [3.8, 4) is 0 Å². The van der Waals surface area contributed by atoms with Crippen LogP contribution in [0.4, 0.5) is 0 Å². The second-order valence-corrected chi connectivity index (χ2v) is 4.90. The molecule has 1 heterocycles. The smallest absolute Gasteiger partial charge is 0.190 e. The zero-order chi connectivity index (χ0) is 10.4. The van der Waals surface area contributed by atoms with Gasteiger partial charge in [0.1, 0.15) is 5.82 Å². The van der Waals surface area contributed by atoms with Crippen molar-refractivity contribution in [3.05, 3.63) is 5.82 Å². The summed E-state index contributed by atoms with van der Waals surface area (Å²) in [5.74, 6) is 3.14. The van der Waals surface area contributed by atoms with Crippen molar-refractivity contribution in [2.75, 3.05) is 17.8 Å². The Balaban J connectivity index is 2.39. The lowest BCUT2D eigenvalue weighted by Crippen LogP contribution is -2.05. The number of thioether (sulfide) groups is 2. The molecule has 0 aromatic carbocycles. The fourth-order valence-corrected chi connectivity index (χ4v) is 2.50. The Kier molecular flexibility index (Phi) is 5.36. The van der Waals surface area contributed by atoms with Crippen LogP contribution in [-0.4, -0.2) is 32.5 Å². The average molecular weight is 232 g/mol. The molecule has 0 aliphatic rings. The van der Waals surface area contributed by atoms with Gasteiger partial charge in [-0.2, -0.15) is 11.8 Å². The van der Waals surface area contributed by atoms with Crippen molar-refractivity contribution in [3.63, 3.8) is 0 Å². The minimum Gasteiger partial charge on any atom is -0.324 e. The maximum atomic E-state index is 5.50. The zero-order valence-corrected chi connectivity index (χ0v) is 10.2. The minimum atomic E-state index is 0.453. The molecule has 0 amide bonds. The summed E-state index contributed by atoms with van der Waals surface area (Å²) in [7, 11) is 1.96. The van der Waals surface area contributed by atoms with Gasteiger partial charge in [0.25, 0.3) is 0 Å². The van der Waals surface area contributed by atoms with Crippen LogP contribution in [0.25, 0.3) is 0 Å². The lowest BCUT2D eigenvalue weighted by Gasteiger charge is -2.01. The summed E-state index contributed by atoms with van der Waals surface area (Å²) in [6, 6.07) is 0. The highest BCUT2D eigenvalue weighted by molar-refractivity contribution is 7.99. The Hall–Kier alpha value is -0.200. The molecule has 0 saturated heterocycles. The van der Waals surface area contributed by atoms with Crippen LogP contribution in [0.1, 0.15) is 12.2 Å². The highest BCUT2D eigenvalue weighted by Gasteiger charge is 2.06. The fourth-order valence-electron chi connectivity index (χ4n) is 1.02. The molecule has 4 nitrogen and oxygen atoms in total. The molecule has 0 fully saturated rings. The van der Waals surface area contributed by atoms with Gasteiger partial charge in [-0.05, 0) is 18.4 Å². The van der Waals surface area contributed by atoms with E-state index in [1.54, 1.807) is 11.8 Å². The van der Waals surface area contributed by atoms with Crippen LogP contribution in [0.3, 0.4) is 0 Å². The number of hydrogen-bond acceptors (Lipinski definition) is 5. The van der Waals surface area contributed by atoms with Gasteiger partial charge >= 0.3 is 0 Å². The number of aromatic nitrogens is 3. The summed E-state index contributed by atoms with van der Waals surface area (Å²) >= 11 is 3.62. The maximum Gasteiger partial charge on any atom is 0.190 e. The monoisotopic (exact) mass is 232 g/mol. The molecule has 0 aliphatic heterocycles. The van der Waals surface area contributed by atoms with Gasteiger partial charge in [0.15, 0.2) is 5.16 Å². The number of nitrogens with two attached hydrogens (primary N) is 1. The van der Waals surface area contributed by atoms with E-state index < -0.39 is 0 Å². The van der Waals surface area contributed by atoms with Crippen molar-refractivity contribution in [1.29, 1.82) is 0 Å². The van der Waals surface area contributed by atoms with Gasteiger partial charge in [-0.3, -0.25) is 0 Å².